The van der Waals surface area contributed by atoms with E-state index in [0.717, 1.165) is 17.0 Å². The van der Waals surface area contributed by atoms with Crippen LogP contribution in [0.15, 0.2) is 42.5 Å². The van der Waals surface area contributed by atoms with Crippen LogP contribution in [0.5, 0.6) is 11.5 Å². The van der Waals surface area contributed by atoms with Crippen molar-refractivity contribution in [3.8, 4) is 11.5 Å². The van der Waals surface area contributed by atoms with E-state index in [0.29, 0.717) is 11.6 Å². The predicted octanol–water partition coefficient (Wildman–Crippen LogP) is 3.69. The summed E-state index contributed by atoms with van der Waals surface area (Å²) in [5, 5.41) is 10.4. The topological polar surface area (TPSA) is 32.7 Å². The molecule has 0 saturated heterocycles. The van der Waals surface area contributed by atoms with Gasteiger partial charge in [0.25, 0.3) is 0 Å². The van der Waals surface area contributed by atoms with Crippen molar-refractivity contribution in [1.82, 2.24) is 0 Å². The van der Waals surface area contributed by atoms with Crippen LogP contribution in [0.1, 0.15) is 5.56 Å². The summed E-state index contributed by atoms with van der Waals surface area (Å²) in [6.45, 7) is 0.526. The molecule has 0 aliphatic heterocycles. The number of halogens is 1. The summed E-state index contributed by atoms with van der Waals surface area (Å²) in [5.74, 6) is 1.01. The molecule has 0 bridgehead atoms. The van der Waals surface area contributed by atoms with Crippen LogP contribution in [0.2, 0.25) is 5.02 Å². The summed E-state index contributed by atoms with van der Waals surface area (Å²) in [6, 6.07) is 12.9. The fourth-order valence-electron chi connectivity index (χ4n) is 1.88. The van der Waals surface area contributed by atoms with Gasteiger partial charge in [0.15, 0.2) is 0 Å². The molecule has 0 heterocycles. The first-order chi connectivity index (χ1) is 9.11. The summed E-state index contributed by atoms with van der Waals surface area (Å²) in [7, 11) is 3.58. The van der Waals surface area contributed by atoms with Crippen LogP contribution in [0.3, 0.4) is 0 Å². The summed E-state index contributed by atoms with van der Waals surface area (Å²) in [4.78, 5) is 2.00. The van der Waals surface area contributed by atoms with E-state index in [1.807, 2.05) is 36.2 Å². The van der Waals surface area contributed by atoms with Gasteiger partial charge in [0.05, 0.1) is 7.11 Å². The van der Waals surface area contributed by atoms with Crippen molar-refractivity contribution in [2.75, 3.05) is 19.1 Å². The Morgan fingerprint density at radius 1 is 1.21 bits per heavy atom. The van der Waals surface area contributed by atoms with Gasteiger partial charge in [0, 0.05) is 35.9 Å². The highest BCUT2D eigenvalue weighted by Gasteiger charge is 2.10. The average Bonchev–Trinajstić information content (AvgIpc) is 2.43. The number of phenolic OH excluding ortho intramolecular Hbond substituents is 1. The van der Waals surface area contributed by atoms with Gasteiger partial charge in [0.1, 0.15) is 11.5 Å². The summed E-state index contributed by atoms with van der Waals surface area (Å²) in [6.07, 6.45) is 0. The second-order valence-electron chi connectivity index (χ2n) is 4.30. The highest BCUT2D eigenvalue weighted by atomic mass is 35.5. The maximum Gasteiger partial charge on any atom is 0.122 e. The fraction of sp³-hybridized carbons (Fsp3) is 0.200. The van der Waals surface area contributed by atoms with Crippen molar-refractivity contribution >= 4 is 17.3 Å². The van der Waals surface area contributed by atoms with Crippen molar-refractivity contribution in [2.45, 2.75) is 6.54 Å². The molecule has 19 heavy (non-hydrogen) atoms. The van der Waals surface area contributed by atoms with E-state index >= 15 is 0 Å². The molecule has 2 aromatic rings. The Morgan fingerprint density at radius 3 is 2.63 bits per heavy atom. The molecule has 0 amide bonds. The summed E-state index contributed by atoms with van der Waals surface area (Å²) < 4.78 is 5.20. The molecule has 2 rings (SSSR count). The largest absolute Gasteiger partial charge is 0.508 e. The number of aromatic hydroxyl groups is 1. The lowest BCUT2D eigenvalue weighted by Crippen LogP contribution is -2.16. The summed E-state index contributed by atoms with van der Waals surface area (Å²) >= 11 is 6.11. The third-order valence-corrected chi connectivity index (χ3v) is 3.34. The minimum Gasteiger partial charge on any atom is -0.508 e. The average molecular weight is 278 g/mol. The Labute approximate surface area is 118 Å². The first kappa shape index (κ1) is 13.6. The standard InChI is InChI=1S/C15H16ClNO2/c1-17(11-5-3-6-12(9-11)19-2)10-13-14(16)7-4-8-15(13)18/h3-9,18H,10H2,1-2H3. The Hall–Kier alpha value is -1.87. The van der Waals surface area contributed by atoms with Crippen molar-refractivity contribution in [3.63, 3.8) is 0 Å². The molecule has 0 atom stereocenters. The number of methoxy groups -OCH3 is 1. The number of hydrogen-bond donors (Lipinski definition) is 1. The fourth-order valence-corrected chi connectivity index (χ4v) is 2.11. The zero-order chi connectivity index (χ0) is 13.8. The molecular weight excluding hydrogens is 262 g/mol. The molecular formula is C15H16ClNO2. The Bertz CT molecular complexity index is 552. The molecule has 0 unspecified atom stereocenters. The van der Waals surface area contributed by atoms with Gasteiger partial charge < -0.3 is 14.7 Å². The molecule has 0 spiro atoms. The van der Waals surface area contributed by atoms with Crippen LogP contribution in [-0.4, -0.2) is 19.3 Å². The Balaban J connectivity index is 2.23. The van der Waals surface area contributed by atoms with Crippen molar-refractivity contribution in [2.24, 2.45) is 0 Å². The number of rotatable bonds is 4. The number of hydrogen-bond acceptors (Lipinski definition) is 3. The van der Waals surface area contributed by atoms with E-state index in [-0.39, 0.29) is 5.75 Å². The number of nitrogens with zero attached hydrogens (tertiary/aromatic N) is 1. The van der Waals surface area contributed by atoms with Gasteiger partial charge >= 0.3 is 0 Å². The van der Waals surface area contributed by atoms with Gasteiger partial charge in [0.2, 0.25) is 0 Å². The SMILES string of the molecule is COc1cccc(N(C)Cc2c(O)cccc2Cl)c1. The zero-order valence-electron chi connectivity index (χ0n) is 10.9. The first-order valence-electron chi connectivity index (χ1n) is 5.93. The van der Waals surface area contributed by atoms with Gasteiger partial charge in [-0.2, -0.15) is 0 Å². The minimum atomic E-state index is 0.210. The molecule has 0 aliphatic carbocycles. The van der Waals surface area contributed by atoms with Crippen LogP contribution in [0.25, 0.3) is 0 Å². The van der Waals surface area contributed by atoms with Crippen LogP contribution < -0.4 is 9.64 Å². The molecule has 0 saturated carbocycles. The van der Waals surface area contributed by atoms with E-state index in [2.05, 4.69) is 0 Å². The van der Waals surface area contributed by atoms with Crippen molar-refractivity contribution < 1.29 is 9.84 Å². The maximum absolute atomic E-state index is 9.85. The third-order valence-electron chi connectivity index (χ3n) is 2.98. The molecule has 3 nitrogen and oxygen atoms in total. The second kappa shape index (κ2) is 5.85. The molecule has 100 valence electrons. The number of ether oxygens (including phenoxy) is 1. The summed E-state index contributed by atoms with van der Waals surface area (Å²) in [5.41, 5.74) is 1.72. The number of benzene rings is 2. The second-order valence-corrected chi connectivity index (χ2v) is 4.70. The Kier molecular flexibility index (Phi) is 4.17. The van der Waals surface area contributed by atoms with E-state index in [1.165, 1.54) is 0 Å². The molecule has 0 fully saturated rings. The lowest BCUT2D eigenvalue weighted by molar-refractivity contribution is 0.415. The lowest BCUT2D eigenvalue weighted by Gasteiger charge is -2.21. The highest BCUT2D eigenvalue weighted by molar-refractivity contribution is 6.31. The van der Waals surface area contributed by atoms with Crippen molar-refractivity contribution in [1.29, 1.82) is 0 Å². The van der Waals surface area contributed by atoms with Gasteiger partial charge in [-0.1, -0.05) is 23.7 Å². The molecule has 0 aliphatic rings. The van der Waals surface area contributed by atoms with E-state index in [9.17, 15) is 5.11 Å². The van der Waals surface area contributed by atoms with E-state index in [4.69, 9.17) is 16.3 Å². The van der Waals surface area contributed by atoms with E-state index < -0.39 is 0 Å². The molecule has 4 heteroatoms. The van der Waals surface area contributed by atoms with Crippen LogP contribution in [0.4, 0.5) is 5.69 Å². The molecule has 1 N–H and O–H groups in total. The normalized spacial score (nSPS) is 10.3. The van der Waals surface area contributed by atoms with Crippen LogP contribution in [-0.2, 0) is 6.54 Å². The zero-order valence-corrected chi connectivity index (χ0v) is 11.7. The predicted molar refractivity (Wildman–Crippen MR) is 78.2 cm³/mol. The number of anilines is 1. The molecule has 0 aromatic heterocycles. The maximum atomic E-state index is 9.85. The van der Waals surface area contributed by atoms with Crippen LogP contribution >= 0.6 is 11.6 Å². The molecule has 2 aromatic carbocycles. The smallest absolute Gasteiger partial charge is 0.122 e. The quantitative estimate of drug-likeness (QED) is 0.925. The van der Waals surface area contributed by atoms with Gasteiger partial charge in [-0.15, -0.1) is 0 Å². The van der Waals surface area contributed by atoms with Gasteiger partial charge in [-0.3, -0.25) is 0 Å². The van der Waals surface area contributed by atoms with Crippen LogP contribution in [0, 0.1) is 0 Å². The Morgan fingerprint density at radius 2 is 1.95 bits per heavy atom. The minimum absolute atomic E-state index is 0.210. The lowest BCUT2D eigenvalue weighted by atomic mass is 10.1. The third kappa shape index (κ3) is 3.12. The number of phenols is 1. The van der Waals surface area contributed by atoms with Crippen molar-refractivity contribution in [3.05, 3.63) is 53.1 Å². The van der Waals surface area contributed by atoms with Gasteiger partial charge in [-0.25, -0.2) is 0 Å². The molecule has 0 radical (unpaired) electrons. The monoisotopic (exact) mass is 277 g/mol. The first-order valence-corrected chi connectivity index (χ1v) is 6.31. The highest BCUT2D eigenvalue weighted by Crippen LogP contribution is 2.28. The van der Waals surface area contributed by atoms with Gasteiger partial charge in [-0.05, 0) is 24.3 Å². The van der Waals surface area contributed by atoms with E-state index in [1.54, 1.807) is 25.3 Å².